The molecule has 0 N–H and O–H groups in total. The zero-order chi connectivity index (χ0) is 10.3. The molecule has 0 amide bonds. The molecule has 0 aromatic carbocycles. The van der Waals surface area contributed by atoms with Crippen molar-refractivity contribution >= 4 is 11.6 Å². The number of fused-ring (bicyclic) bond motifs is 1. The third-order valence-electron chi connectivity index (χ3n) is 3.87. The minimum absolute atomic E-state index is 0.138. The maximum Gasteiger partial charge on any atom is 0.159 e. The maximum atomic E-state index is 11.7. The van der Waals surface area contributed by atoms with Crippen LogP contribution in [-0.2, 0) is 9.59 Å². The van der Waals surface area contributed by atoms with Gasteiger partial charge in [0.2, 0.25) is 0 Å². The molecule has 0 heterocycles. The van der Waals surface area contributed by atoms with Gasteiger partial charge in [-0.2, -0.15) is 0 Å². The van der Waals surface area contributed by atoms with Gasteiger partial charge in [0.05, 0.1) is 0 Å². The van der Waals surface area contributed by atoms with Crippen LogP contribution in [0.2, 0.25) is 0 Å². The summed E-state index contributed by atoms with van der Waals surface area (Å²) < 4.78 is 0. The molecule has 2 saturated carbocycles. The van der Waals surface area contributed by atoms with Crippen molar-refractivity contribution in [1.29, 1.82) is 0 Å². The molecule has 2 nitrogen and oxygen atoms in total. The molecule has 76 valence electrons. The summed E-state index contributed by atoms with van der Waals surface area (Å²) >= 11 is 0. The van der Waals surface area contributed by atoms with Gasteiger partial charge in [-0.05, 0) is 24.8 Å². The Balaban J connectivity index is 2.39. The second-order valence-electron chi connectivity index (χ2n) is 4.70. The molecule has 0 spiro atoms. The molecule has 2 fully saturated rings. The Morgan fingerprint density at radius 3 is 2.79 bits per heavy atom. The standard InChI is InChI=1S/C12H16O2/c1-3-10-11(14)6-8-4-5-9(13)7-12(8,10)2/h3,8H,4-7H2,1-2H3/b10-3+/t8-,12+/m1/s1. The fraction of sp³-hybridized carbons (Fsp3) is 0.667. The Kier molecular flexibility index (Phi) is 2.09. The second-order valence-corrected chi connectivity index (χ2v) is 4.70. The molecule has 14 heavy (non-hydrogen) atoms. The lowest BCUT2D eigenvalue weighted by atomic mass is 9.67. The van der Waals surface area contributed by atoms with Crippen LogP contribution in [0.25, 0.3) is 0 Å². The van der Waals surface area contributed by atoms with Crippen LogP contribution in [0, 0.1) is 11.3 Å². The Morgan fingerprint density at radius 2 is 2.14 bits per heavy atom. The first kappa shape index (κ1) is 9.63. The highest BCUT2D eigenvalue weighted by Gasteiger charge is 2.50. The van der Waals surface area contributed by atoms with Crippen molar-refractivity contribution in [2.45, 2.75) is 39.5 Å². The predicted molar refractivity (Wildman–Crippen MR) is 53.8 cm³/mol. The summed E-state index contributed by atoms with van der Waals surface area (Å²) in [4.78, 5) is 23.1. The highest BCUT2D eigenvalue weighted by atomic mass is 16.1. The molecule has 0 aliphatic heterocycles. The van der Waals surface area contributed by atoms with Gasteiger partial charge in [-0.15, -0.1) is 0 Å². The first-order valence-electron chi connectivity index (χ1n) is 5.29. The minimum atomic E-state index is -0.138. The smallest absolute Gasteiger partial charge is 0.159 e. The van der Waals surface area contributed by atoms with Crippen molar-refractivity contribution in [3.63, 3.8) is 0 Å². The zero-order valence-electron chi connectivity index (χ0n) is 8.80. The number of Topliss-reactive ketones (excluding diaryl/α,β-unsaturated/α-hetero) is 2. The molecule has 0 bridgehead atoms. The lowest BCUT2D eigenvalue weighted by Crippen LogP contribution is -2.32. The molecule has 2 atom stereocenters. The van der Waals surface area contributed by atoms with Gasteiger partial charge in [0.25, 0.3) is 0 Å². The number of rotatable bonds is 0. The van der Waals surface area contributed by atoms with Gasteiger partial charge in [0, 0.05) is 24.7 Å². The Bertz CT molecular complexity index is 327. The Morgan fingerprint density at radius 1 is 1.43 bits per heavy atom. The molecule has 2 heteroatoms. The van der Waals surface area contributed by atoms with E-state index in [4.69, 9.17) is 0 Å². The van der Waals surface area contributed by atoms with E-state index < -0.39 is 0 Å². The van der Waals surface area contributed by atoms with E-state index in [0.29, 0.717) is 31.0 Å². The number of ketones is 2. The van der Waals surface area contributed by atoms with E-state index in [2.05, 4.69) is 6.92 Å². The van der Waals surface area contributed by atoms with Gasteiger partial charge in [0.1, 0.15) is 5.78 Å². The number of carbonyl (C=O) groups excluding carboxylic acids is 2. The quantitative estimate of drug-likeness (QED) is 0.552. The van der Waals surface area contributed by atoms with Crippen LogP contribution < -0.4 is 0 Å². The summed E-state index contributed by atoms with van der Waals surface area (Å²) in [6.45, 7) is 3.98. The van der Waals surface area contributed by atoms with Gasteiger partial charge in [0.15, 0.2) is 5.78 Å². The number of hydrogen-bond acceptors (Lipinski definition) is 2. The Hall–Kier alpha value is -0.920. The largest absolute Gasteiger partial charge is 0.300 e. The molecule has 2 rings (SSSR count). The predicted octanol–water partition coefficient (Wildman–Crippen LogP) is 2.28. The summed E-state index contributed by atoms with van der Waals surface area (Å²) in [5, 5.41) is 0. The van der Waals surface area contributed by atoms with Gasteiger partial charge in [-0.25, -0.2) is 0 Å². The van der Waals surface area contributed by atoms with E-state index >= 15 is 0 Å². The Labute approximate surface area is 84.4 Å². The van der Waals surface area contributed by atoms with Crippen LogP contribution in [0.15, 0.2) is 11.6 Å². The van der Waals surface area contributed by atoms with Crippen LogP contribution in [0.4, 0.5) is 0 Å². The maximum absolute atomic E-state index is 11.7. The van der Waals surface area contributed by atoms with Crippen molar-refractivity contribution in [2.24, 2.45) is 11.3 Å². The molecular weight excluding hydrogens is 176 g/mol. The van der Waals surface area contributed by atoms with E-state index in [0.717, 1.165) is 12.0 Å². The summed E-state index contributed by atoms with van der Waals surface area (Å²) in [7, 11) is 0. The van der Waals surface area contributed by atoms with E-state index in [9.17, 15) is 9.59 Å². The number of hydrogen-bond donors (Lipinski definition) is 0. The summed E-state index contributed by atoms with van der Waals surface area (Å²) in [6, 6.07) is 0. The lowest BCUT2D eigenvalue weighted by molar-refractivity contribution is -0.123. The fourth-order valence-electron chi connectivity index (χ4n) is 3.08. The average molecular weight is 192 g/mol. The molecule has 0 radical (unpaired) electrons. The molecule has 2 aliphatic rings. The molecule has 0 saturated heterocycles. The SMILES string of the molecule is C/C=C1\C(=O)C[C@H]2CCC(=O)C[C@]12C. The van der Waals surface area contributed by atoms with Crippen LogP contribution in [0.5, 0.6) is 0 Å². The van der Waals surface area contributed by atoms with Crippen molar-refractivity contribution < 1.29 is 9.59 Å². The van der Waals surface area contributed by atoms with Crippen LogP contribution in [-0.4, -0.2) is 11.6 Å². The third-order valence-corrected chi connectivity index (χ3v) is 3.87. The molecule has 0 aromatic rings. The molecule has 0 unspecified atom stereocenters. The van der Waals surface area contributed by atoms with Gasteiger partial charge < -0.3 is 0 Å². The van der Waals surface area contributed by atoms with Crippen molar-refractivity contribution in [1.82, 2.24) is 0 Å². The summed E-state index contributed by atoms with van der Waals surface area (Å²) in [5.74, 6) is 0.992. The zero-order valence-corrected chi connectivity index (χ0v) is 8.80. The molecule has 2 aliphatic carbocycles. The third kappa shape index (κ3) is 1.17. The number of carbonyl (C=O) groups is 2. The average Bonchev–Trinajstić information content (AvgIpc) is 2.34. The first-order chi connectivity index (χ1) is 6.58. The first-order valence-corrected chi connectivity index (χ1v) is 5.29. The van der Waals surface area contributed by atoms with Gasteiger partial charge in [-0.1, -0.05) is 13.0 Å². The van der Waals surface area contributed by atoms with Gasteiger partial charge >= 0.3 is 0 Å². The fourth-order valence-corrected chi connectivity index (χ4v) is 3.08. The van der Waals surface area contributed by atoms with E-state index in [1.165, 1.54) is 0 Å². The highest BCUT2D eigenvalue weighted by Crippen LogP contribution is 2.52. The number of allylic oxidation sites excluding steroid dienone is 2. The summed E-state index contributed by atoms with van der Waals surface area (Å²) in [5.41, 5.74) is 0.761. The van der Waals surface area contributed by atoms with Gasteiger partial charge in [-0.3, -0.25) is 9.59 Å². The van der Waals surface area contributed by atoms with Crippen LogP contribution in [0.3, 0.4) is 0 Å². The second kappa shape index (κ2) is 3.04. The monoisotopic (exact) mass is 192 g/mol. The molecule has 0 aromatic heterocycles. The normalized spacial score (nSPS) is 40.4. The van der Waals surface area contributed by atoms with E-state index in [1.807, 2.05) is 13.0 Å². The topological polar surface area (TPSA) is 34.1 Å². The van der Waals surface area contributed by atoms with Crippen molar-refractivity contribution in [3.8, 4) is 0 Å². The molecular formula is C12H16O2. The van der Waals surface area contributed by atoms with E-state index in [-0.39, 0.29) is 11.2 Å². The highest BCUT2D eigenvalue weighted by molar-refractivity contribution is 6.01. The summed E-state index contributed by atoms with van der Waals surface area (Å²) in [6.07, 6.45) is 4.70. The minimum Gasteiger partial charge on any atom is -0.300 e. The van der Waals surface area contributed by atoms with Crippen LogP contribution in [0.1, 0.15) is 39.5 Å². The van der Waals surface area contributed by atoms with Crippen molar-refractivity contribution in [3.05, 3.63) is 11.6 Å². The van der Waals surface area contributed by atoms with Crippen LogP contribution >= 0.6 is 0 Å². The van der Waals surface area contributed by atoms with E-state index in [1.54, 1.807) is 0 Å². The van der Waals surface area contributed by atoms with Crippen molar-refractivity contribution in [2.75, 3.05) is 0 Å². The lowest BCUT2D eigenvalue weighted by Gasteiger charge is -2.35.